The molecule has 1 unspecified atom stereocenters. The molecular formula is C24H28FN7O3. The number of hydrazone groups is 1. The molecule has 1 N–H and O–H groups in total. The van der Waals surface area contributed by atoms with Crippen molar-refractivity contribution in [3.8, 4) is 0 Å². The zero-order valence-corrected chi connectivity index (χ0v) is 20.0. The maximum absolute atomic E-state index is 13.4. The van der Waals surface area contributed by atoms with Gasteiger partial charge in [-0.2, -0.15) is 5.10 Å². The predicted molar refractivity (Wildman–Crippen MR) is 129 cm³/mol. The summed E-state index contributed by atoms with van der Waals surface area (Å²) in [7, 11) is 0. The Morgan fingerprint density at radius 3 is 2.66 bits per heavy atom. The van der Waals surface area contributed by atoms with Gasteiger partial charge in [0.15, 0.2) is 0 Å². The van der Waals surface area contributed by atoms with Crippen molar-refractivity contribution in [1.82, 2.24) is 15.0 Å². The van der Waals surface area contributed by atoms with Crippen LogP contribution in [0.5, 0.6) is 0 Å². The van der Waals surface area contributed by atoms with Crippen molar-refractivity contribution in [2.24, 2.45) is 10.5 Å². The minimum Gasteiger partial charge on any atom is -0.378 e. The largest absolute Gasteiger partial charge is 0.378 e. The van der Waals surface area contributed by atoms with Crippen LogP contribution in [-0.2, 0) is 9.53 Å². The molecule has 5 heterocycles. The van der Waals surface area contributed by atoms with E-state index < -0.39 is 12.0 Å². The van der Waals surface area contributed by atoms with Crippen molar-refractivity contribution in [1.29, 1.82) is 0 Å². The number of hydrogen-bond acceptors (Lipinski definition) is 8. The molecule has 0 aromatic carbocycles. The van der Waals surface area contributed by atoms with E-state index in [1.807, 2.05) is 31.7 Å². The van der Waals surface area contributed by atoms with Crippen molar-refractivity contribution >= 4 is 35.0 Å². The molecule has 10 nitrogen and oxygen atoms in total. The molecule has 1 saturated heterocycles. The van der Waals surface area contributed by atoms with E-state index >= 15 is 0 Å². The maximum atomic E-state index is 13.4. The highest BCUT2D eigenvalue weighted by Crippen LogP contribution is 2.38. The third-order valence-electron chi connectivity index (χ3n) is 6.33. The number of carbonyl (C=O) groups is 2. The number of pyridine rings is 2. The van der Waals surface area contributed by atoms with Gasteiger partial charge < -0.3 is 19.9 Å². The smallest absolute Gasteiger partial charge is 0.279 e. The van der Waals surface area contributed by atoms with Gasteiger partial charge in [-0.3, -0.25) is 9.59 Å². The summed E-state index contributed by atoms with van der Waals surface area (Å²) in [6.07, 6.45) is 1.08. The lowest BCUT2D eigenvalue weighted by molar-refractivity contribution is -0.115. The van der Waals surface area contributed by atoms with Gasteiger partial charge in [-0.15, -0.1) is 0 Å². The van der Waals surface area contributed by atoms with E-state index in [1.54, 1.807) is 6.07 Å². The van der Waals surface area contributed by atoms with Gasteiger partial charge in [0.25, 0.3) is 5.91 Å². The molecule has 1 fully saturated rings. The summed E-state index contributed by atoms with van der Waals surface area (Å²) in [5.41, 5.74) is 1.04. The molecule has 3 aliphatic heterocycles. The summed E-state index contributed by atoms with van der Waals surface area (Å²) in [6.45, 7) is 8.68. The van der Waals surface area contributed by atoms with Crippen LogP contribution in [-0.4, -0.2) is 71.5 Å². The van der Waals surface area contributed by atoms with Crippen LogP contribution in [0.1, 0.15) is 37.6 Å². The normalized spacial score (nSPS) is 19.9. The number of nitrogens with one attached hydrogen (secondary N) is 1. The van der Waals surface area contributed by atoms with E-state index in [0.29, 0.717) is 44.1 Å². The molecule has 0 aliphatic carbocycles. The van der Waals surface area contributed by atoms with Crippen LogP contribution < -0.4 is 15.1 Å². The lowest BCUT2D eigenvalue weighted by atomic mass is 9.87. The number of fused-ring (bicyclic) bond motifs is 2. The number of rotatable bonds is 4. The molecule has 1 atom stereocenters. The molecule has 35 heavy (non-hydrogen) atoms. The van der Waals surface area contributed by atoms with Crippen LogP contribution in [0, 0.1) is 11.2 Å². The number of aromatic nitrogens is 2. The molecule has 0 bridgehead atoms. The maximum Gasteiger partial charge on any atom is 0.279 e. The Hall–Kier alpha value is -3.60. The van der Waals surface area contributed by atoms with E-state index in [-0.39, 0.29) is 29.6 Å². The highest BCUT2D eigenvalue weighted by atomic mass is 19.1. The third-order valence-corrected chi connectivity index (χ3v) is 6.33. The molecule has 5 rings (SSSR count). The van der Waals surface area contributed by atoms with Gasteiger partial charge in [-0.25, -0.2) is 19.4 Å². The summed E-state index contributed by atoms with van der Waals surface area (Å²) in [4.78, 5) is 39.1. The fourth-order valence-electron chi connectivity index (χ4n) is 4.40. The SMILES string of the molecule is CC(C)(C)C1=NN2C(=O)c3ccc(N4CCOCC4)nc3N(CC(=O)Nc3ccc(F)cn3)C2C1. The molecule has 184 valence electrons. The molecular weight excluding hydrogens is 453 g/mol. The molecule has 0 saturated carbocycles. The average molecular weight is 482 g/mol. The molecule has 3 aliphatic rings. The van der Waals surface area contributed by atoms with Crippen molar-refractivity contribution in [3.63, 3.8) is 0 Å². The predicted octanol–water partition coefficient (Wildman–Crippen LogP) is 2.49. The summed E-state index contributed by atoms with van der Waals surface area (Å²) < 4.78 is 18.7. The molecule has 2 aromatic rings. The van der Waals surface area contributed by atoms with Gasteiger partial charge in [0.1, 0.15) is 36.0 Å². The van der Waals surface area contributed by atoms with Crippen LogP contribution in [0.2, 0.25) is 0 Å². The number of amides is 2. The van der Waals surface area contributed by atoms with E-state index in [9.17, 15) is 14.0 Å². The highest BCUT2D eigenvalue weighted by Gasteiger charge is 2.45. The van der Waals surface area contributed by atoms with Gasteiger partial charge >= 0.3 is 0 Å². The lowest BCUT2D eigenvalue weighted by Gasteiger charge is -2.39. The number of carbonyl (C=O) groups excluding carboxylic acids is 2. The monoisotopic (exact) mass is 481 g/mol. The quantitative estimate of drug-likeness (QED) is 0.716. The zero-order chi connectivity index (χ0) is 24.7. The summed E-state index contributed by atoms with van der Waals surface area (Å²) in [5, 5.41) is 8.81. The van der Waals surface area contributed by atoms with Crippen LogP contribution in [0.25, 0.3) is 0 Å². The summed E-state index contributed by atoms with van der Waals surface area (Å²) in [5.74, 6) is 0.352. The van der Waals surface area contributed by atoms with Crippen molar-refractivity contribution in [2.75, 3.05) is 48.0 Å². The number of hydrogen-bond donors (Lipinski definition) is 1. The second kappa shape index (κ2) is 8.88. The first kappa shape index (κ1) is 23.2. The lowest BCUT2D eigenvalue weighted by Crippen LogP contribution is -2.54. The molecule has 0 spiro atoms. The van der Waals surface area contributed by atoms with Crippen LogP contribution in [0.15, 0.2) is 35.6 Å². The van der Waals surface area contributed by atoms with E-state index in [0.717, 1.165) is 17.7 Å². The molecule has 2 aromatic heterocycles. The minimum atomic E-state index is -0.486. The number of ether oxygens (including phenoxy) is 1. The van der Waals surface area contributed by atoms with E-state index in [1.165, 1.54) is 17.1 Å². The van der Waals surface area contributed by atoms with Gasteiger partial charge in [-0.1, -0.05) is 20.8 Å². The Morgan fingerprint density at radius 2 is 1.97 bits per heavy atom. The third kappa shape index (κ3) is 4.55. The topological polar surface area (TPSA) is 103 Å². The number of halogens is 1. The Balaban J connectivity index is 1.48. The molecule has 0 radical (unpaired) electrons. The van der Waals surface area contributed by atoms with Crippen LogP contribution >= 0.6 is 0 Å². The molecule has 2 amide bonds. The highest BCUT2D eigenvalue weighted by molar-refractivity contribution is 6.06. The standard InChI is InChI=1S/C24H28FN7O3/c1-24(2,3)17-12-21-31(14-20(33)27-18-6-4-15(25)13-26-18)22-16(23(34)32(21)29-17)5-7-19(28-22)30-8-10-35-11-9-30/h4-7,13,21H,8-12,14H2,1-3H3,(H,26,27,33). The Bertz CT molecular complexity index is 1170. The molecule has 11 heteroatoms. The van der Waals surface area contributed by atoms with E-state index in [2.05, 4.69) is 20.3 Å². The van der Waals surface area contributed by atoms with Crippen LogP contribution in [0.3, 0.4) is 0 Å². The first-order valence-electron chi connectivity index (χ1n) is 11.6. The average Bonchev–Trinajstić information content (AvgIpc) is 3.30. The Morgan fingerprint density at radius 1 is 1.20 bits per heavy atom. The fourth-order valence-corrected chi connectivity index (χ4v) is 4.40. The van der Waals surface area contributed by atoms with Gasteiger partial charge in [0, 0.05) is 30.6 Å². The Labute approximate surface area is 202 Å². The van der Waals surface area contributed by atoms with Crippen LogP contribution in [0.4, 0.5) is 21.8 Å². The minimum absolute atomic E-state index is 0.0764. The summed E-state index contributed by atoms with van der Waals surface area (Å²) >= 11 is 0. The van der Waals surface area contributed by atoms with Gasteiger partial charge in [0.05, 0.1) is 25.0 Å². The van der Waals surface area contributed by atoms with Crippen molar-refractivity contribution in [3.05, 3.63) is 41.8 Å². The second-order valence-electron chi connectivity index (χ2n) is 9.81. The fraction of sp³-hybridized carbons (Fsp3) is 0.458. The van der Waals surface area contributed by atoms with Gasteiger partial charge in [0.2, 0.25) is 5.91 Å². The second-order valence-corrected chi connectivity index (χ2v) is 9.81. The number of anilines is 3. The van der Waals surface area contributed by atoms with Crippen molar-refractivity contribution in [2.45, 2.75) is 33.4 Å². The van der Waals surface area contributed by atoms with Gasteiger partial charge in [-0.05, 0) is 24.3 Å². The first-order chi connectivity index (χ1) is 16.7. The number of morpholine rings is 1. The zero-order valence-electron chi connectivity index (χ0n) is 20.0. The Kier molecular flexibility index (Phi) is 5.87. The van der Waals surface area contributed by atoms with Crippen molar-refractivity contribution < 1.29 is 18.7 Å². The van der Waals surface area contributed by atoms with E-state index in [4.69, 9.17) is 9.72 Å². The summed E-state index contributed by atoms with van der Waals surface area (Å²) in [6, 6.07) is 6.21. The number of nitrogens with zero attached hydrogens (tertiary/aromatic N) is 6. The first-order valence-corrected chi connectivity index (χ1v) is 11.6.